The first-order valence-electron chi connectivity index (χ1n) is 8.79. The van der Waals surface area contributed by atoms with Gasteiger partial charge in [-0.1, -0.05) is 12.1 Å². The number of ether oxygens (including phenoxy) is 1. The Morgan fingerprint density at radius 2 is 2.07 bits per heavy atom. The summed E-state index contributed by atoms with van der Waals surface area (Å²) in [6, 6.07) is 10.1. The number of benzene rings is 1. The van der Waals surface area contributed by atoms with E-state index in [0.29, 0.717) is 16.9 Å². The van der Waals surface area contributed by atoms with E-state index in [4.69, 9.17) is 4.74 Å². The van der Waals surface area contributed by atoms with Gasteiger partial charge in [0.15, 0.2) is 0 Å². The summed E-state index contributed by atoms with van der Waals surface area (Å²) in [7, 11) is -3.69. The van der Waals surface area contributed by atoms with Crippen molar-refractivity contribution in [2.24, 2.45) is 4.99 Å². The molecule has 0 amide bonds. The Kier molecular flexibility index (Phi) is 5.16. The van der Waals surface area contributed by atoms with E-state index in [9.17, 15) is 18.0 Å². The number of sulfonamides is 1. The van der Waals surface area contributed by atoms with Crippen LogP contribution in [0.2, 0.25) is 0 Å². The van der Waals surface area contributed by atoms with Gasteiger partial charge in [0.2, 0.25) is 0 Å². The monoisotopic (exact) mass is 490 g/mol. The minimum atomic E-state index is -3.69. The van der Waals surface area contributed by atoms with Gasteiger partial charge in [0, 0.05) is 22.3 Å². The van der Waals surface area contributed by atoms with E-state index >= 15 is 0 Å². The number of carbonyl (C=O) groups excluding carboxylic acids is 1. The highest BCUT2D eigenvalue weighted by molar-refractivity contribution is 9.10. The molecule has 11 heteroatoms. The molecule has 1 aliphatic heterocycles. The molecule has 30 heavy (non-hydrogen) atoms. The number of nitrogens with zero attached hydrogens (tertiary/aromatic N) is 3. The molecule has 0 radical (unpaired) electrons. The Balaban J connectivity index is 1.50. The predicted octanol–water partition coefficient (Wildman–Crippen LogP) is 1.63. The number of aromatic nitrogens is 2. The van der Waals surface area contributed by atoms with Crippen LogP contribution in [0.3, 0.4) is 0 Å². The highest BCUT2D eigenvalue weighted by Crippen LogP contribution is 2.22. The van der Waals surface area contributed by atoms with Crippen molar-refractivity contribution in [2.75, 3.05) is 0 Å². The van der Waals surface area contributed by atoms with E-state index in [2.05, 4.69) is 30.6 Å². The minimum absolute atomic E-state index is 0.0858. The lowest BCUT2D eigenvalue weighted by Gasteiger charge is -2.09. The smallest absolute Gasteiger partial charge is 0.331 e. The fourth-order valence-corrected chi connectivity index (χ4v) is 4.52. The second-order valence-electron chi connectivity index (χ2n) is 6.52. The summed E-state index contributed by atoms with van der Waals surface area (Å²) in [6.07, 6.45) is 1.60. The Labute approximate surface area is 179 Å². The van der Waals surface area contributed by atoms with Crippen molar-refractivity contribution in [3.05, 3.63) is 74.7 Å². The van der Waals surface area contributed by atoms with Gasteiger partial charge in [0.05, 0.1) is 10.6 Å². The SMILES string of the molecule is C[C@H](N=C1NS(=O)(=O)c2ccccc21)C(=O)OCc1cc(=O)n2cc(Br)ccc2n1. The number of halogens is 1. The zero-order chi connectivity index (χ0) is 21.5. The molecule has 4 rings (SSSR count). The van der Waals surface area contributed by atoms with Gasteiger partial charge >= 0.3 is 5.97 Å². The maximum atomic E-state index is 12.3. The van der Waals surface area contributed by atoms with Crippen LogP contribution in [0.1, 0.15) is 18.2 Å². The summed E-state index contributed by atoms with van der Waals surface area (Å²) >= 11 is 3.29. The number of hydrogen-bond acceptors (Lipinski definition) is 7. The van der Waals surface area contributed by atoms with Gasteiger partial charge in [0.25, 0.3) is 15.6 Å². The highest BCUT2D eigenvalue weighted by Gasteiger charge is 2.31. The number of fused-ring (bicyclic) bond motifs is 2. The molecule has 1 aliphatic rings. The zero-order valence-corrected chi connectivity index (χ0v) is 18.0. The first-order valence-corrected chi connectivity index (χ1v) is 11.1. The quantitative estimate of drug-likeness (QED) is 0.555. The molecule has 2 aromatic heterocycles. The van der Waals surface area contributed by atoms with Crippen LogP contribution in [-0.4, -0.2) is 35.6 Å². The largest absolute Gasteiger partial charge is 0.458 e. The lowest BCUT2D eigenvalue weighted by atomic mass is 10.2. The number of rotatable bonds is 4. The Hall–Kier alpha value is -3.05. The van der Waals surface area contributed by atoms with Crippen molar-refractivity contribution in [3.63, 3.8) is 0 Å². The average Bonchev–Trinajstić information content (AvgIpc) is 2.97. The van der Waals surface area contributed by atoms with E-state index in [1.807, 2.05) is 0 Å². The molecule has 3 aromatic rings. The van der Waals surface area contributed by atoms with Crippen LogP contribution in [0.25, 0.3) is 5.65 Å². The van der Waals surface area contributed by atoms with E-state index in [-0.39, 0.29) is 22.9 Å². The molecule has 0 spiro atoms. The van der Waals surface area contributed by atoms with Gasteiger partial charge in [-0.05, 0) is 47.1 Å². The van der Waals surface area contributed by atoms with Crippen LogP contribution in [0.5, 0.6) is 0 Å². The van der Waals surface area contributed by atoms with E-state index in [1.54, 1.807) is 36.5 Å². The Morgan fingerprint density at radius 3 is 2.87 bits per heavy atom. The van der Waals surface area contributed by atoms with Crippen molar-refractivity contribution in [2.45, 2.75) is 24.5 Å². The van der Waals surface area contributed by atoms with Gasteiger partial charge in [0.1, 0.15) is 24.1 Å². The second kappa shape index (κ2) is 7.65. The standard InChI is InChI=1S/C19H15BrN4O5S/c1-11(21-18-14-4-2-3-5-15(14)30(27,28)23-18)19(26)29-10-13-8-17(25)24-9-12(20)6-7-16(24)22-13/h2-9,11H,10H2,1H3,(H,21,23)/t11-/m0/s1. The number of esters is 1. The predicted molar refractivity (Wildman–Crippen MR) is 112 cm³/mol. The van der Waals surface area contributed by atoms with Gasteiger partial charge in [-0.2, -0.15) is 0 Å². The molecule has 0 aliphatic carbocycles. The summed E-state index contributed by atoms with van der Waals surface area (Å²) < 4.78 is 33.9. The van der Waals surface area contributed by atoms with Crippen molar-refractivity contribution in [3.8, 4) is 0 Å². The first kappa shape index (κ1) is 20.2. The van der Waals surface area contributed by atoms with Gasteiger partial charge in [-0.3, -0.25) is 18.9 Å². The third-order valence-electron chi connectivity index (χ3n) is 4.37. The zero-order valence-electron chi connectivity index (χ0n) is 15.6. The van der Waals surface area contributed by atoms with Crippen LogP contribution >= 0.6 is 15.9 Å². The highest BCUT2D eigenvalue weighted by atomic mass is 79.9. The molecular weight excluding hydrogens is 476 g/mol. The third-order valence-corrected chi connectivity index (χ3v) is 6.23. The Bertz CT molecular complexity index is 1370. The molecular formula is C19H15BrN4O5S. The summed E-state index contributed by atoms with van der Waals surface area (Å²) in [5, 5.41) is 0. The first-order chi connectivity index (χ1) is 14.2. The molecule has 0 bridgehead atoms. The topological polar surface area (TPSA) is 119 Å². The number of pyridine rings is 1. The van der Waals surface area contributed by atoms with Crippen molar-refractivity contribution in [1.29, 1.82) is 0 Å². The summed E-state index contributed by atoms with van der Waals surface area (Å²) in [5.74, 6) is -0.591. The minimum Gasteiger partial charge on any atom is -0.458 e. The van der Waals surface area contributed by atoms with Gasteiger partial charge in [-0.25, -0.2) is 18.2 Å². The Morgan fingerprint density at radius 1 is 1.30 bits per heavy atom. The molecule has 0 saturated carbocycles. The summed E-state index contributed by atoms with van der Waals surface area (Å²) in [4.78, 5) is 33.1. The van der Waals surface area contributed by atoms with Crippen molar-refractivity contribution in [1.82, 2.24) is 14.1 Å². The van der Waals surface area contributed by atoms with Crippen LogP contribution in [-0.2, 0) is 26.2 Å². The number of nitrogens with one attached hydrogen (secondary N) is 1. The number of carbonyl (C=O) groups is 1. The molecule has 154 valence electrons. The molecule has 0 saturated heterocycles. The van der Waals surface area contributed by atoms with E-state index in [1.165, 1.54) is 23.5 Å². The fourth-order valence-electron chi connectivity index (χ4n) is 2.94. The lowest BCUT2D eigenvalue weighted by Crippen LogP contribution is -2.27. The van der Waals surface area contributed by atoms with Crippen molar-refractivity contribution < 1.29 is 17.9 Å². The second-order valence-corrected chi connectivity index (χ2v) is 9.09. The van der Waals surface area contributed by atoms with Crippen LogP contribution in [0.15, 0.2) is 67.8 Å². The number of hydrogen-bond donors (Lipinski definition) is 1. The summed E-state index contributed by atoms with van der Waals surface area (Å²) in [5.41, 5.74) is 0.801. The van der Waals surface area contributed by atoms with Crippen LogP contribution < -0.4 is 10.3 Å². The number of aliphatic imine (C=N–C) groups is 1. The van der Waals surface area contributed by atoms with Gasteiger partial charge in [-0.15, -0.1) is 0 Å². The molecule has 3 heterocycles. The molecule has 9 nitrogen and oxygen atoms in total. The normalized spacial score (nSPS) is 16.8. The third kappa shape index (κ3) is 3.85. The lowest BCUT2D eigenvalue weighted by molar-refractivity contribution is -0.146. The van der Waals surface area contributed by atoms with E-state index in [0.717, 1.165) is 4.47 Å². The molecule has 0 unspecified atom stereocenters. The summed E-state index contributed by atoms with van der Waals surface area (Å²) in [6.45, 7) is 1.28. The molecule has 1 aromatic carbocycles. The molecule has 1 N–H and O–H groups in total. The maximum absolute atomic E-state index is 12.3. The van der Waals surface area contributed by atoms with Crippen molar-refractivity contribution >= 4 is 43.4 Å². The molecule has 1 atom stereocenters. The molecule has 0 fully saturated rings. The van der Waals surface area contributed by atoms with Crippen LogP contribution in [0, 0.1) is 0 Å². The van der Waals surface area contributed by atoms with Crippen LogP contribution in [0.4, 0.5) is 0 Å². The fraction of sp³-hybridized carbons (Fsp3) is 0.158. The average molecular weight is 491 g/mol. The maximum Gasteiger partial charge on any atom is 0.331 e. The number of amidine groups is 1. The van der Waals surface area contributed by atoms with Gasteiger partial charge < -0.3 is 4.74 Å². The van der Waals surface area contributed by atoms with E-state index < -0.39 is 22.0 Å².